The molecule has 0 fully saturated rings. The summed E-state index contributed by atoms with van der Waals surface area (Å²) >= 11 is 0. The van der Waals surface area contributed by atoms with Crippen molar-refractivity contribution in [3.63, 3.8) is 0 Å². The van der Waals surface area contributed by atoms with E-state index in [0.717, 1.165) is 5.56 Å². The molecule has 29 heavy (non-hydrogen) atoms. The number of carbonyl (C=O) groups excluding carboxylic acids is 2. The van der Waals surface area contributed by atoms with Crippen LogP contribution in [0.1, 0.15) is 33.2 Å². The molecular formula is C22H20FN3O3. The van der Waals surface area contributed by atoms with E-state index in [0.29, 0.717) is 23.5 Å². The minimum atomic E-state index is -0.503. The minimum Gasteiger partial charge on any atom is -0.462 e. The van der Waals surface area contributed by atoms with Gasteiger partial charge < -0.3 is 15.4 Å². The van der Waals surface area contributed by atoms with Crippen LogP contribution in [-0.4, -0.2) is 23.5 Å². The summed E-state index contributed by atoms with van der Waals surface area (Å²) in [6.07, 6.45) is 3.03. The fraction of sp³-hybridized carbons (Fsp3) is 0.136. The molecule has 0 unspecified atom stereocenters. The molecule has 3 rings (SSSR count). The highest BCUT2D eigenvalue weighted by molar-refractivity contribution is 6.08. The van der Waals surface area contributed by atoms with Crippen LogP contribution in [0.25, 0.3) is 0 Å². The Bertz CT molecular complexity index is 1010. The van der Waals surface area contributed by atoms with Gasteiger partial charge >= 0.3 is 5.97 Å². The predicted molar refractivity (Wildman–Crippen MR) is 108 cm³/mol. The Morgan fingerprint density at radius 1 is 1.07 bits per heavy atom. The number of hydrogen-bond donors (Lipinski definition) is 2. The van der Waals surface area contributed by atoms with Gasteiger partial charge in [0.1, 0.15) is 5.82 Å². The molecule has 0 aliphatic rings. The second-order valence-electron chi connectivity index (χ2n) is 6.16. The van der Waals surface area contributed by atoms with E-state index in [1.54, 1.807) is 55.6 Å². The minimum absolute atomic E-state index is 0.243. The normalized spacial score (nSPS) is 10.3. The van der Waals surface area contributed by atoms with E-state index in [2.05, 4.69) is 15.6 Å². The third-order valence-electron chi connectivity index (χ3n) is 4.08. The number of aromatic nitrogens is 1. The smallest absolute Gasteiger partial charge is 0.340 e. The molecule has 1 aromatic heterocycles. The first-order chi connectivity index (χ1) is 14.1. The predicted octanol–water partition coefficient (Wildman–Crippen LogP) is 4.26. The van der Waals surface area contributed by atoms with Gasteiger partial charge in [0, 0.05) is 18.9 Å². The largest absolute Gasteiger partial charge is 0.462 e. The Morgan fingerprint density at radius 3 is 2.59 bits per heavy atom. The number of carbonyl (C=O) groups is 2. The maximum absolute atomic E-state index is 13.0. The first-order valence-corrected chi connectivity index (χ1v) is 9.07. The molecule has 0 atom stereocenters. The van der Waals surface area contributed by atoms with Crippen molar-refractivity contribution in [1.29, 1.82) is 0 Å². The molecule has 148 valence electrons. The zero-order valence-electron chi connectivity index (χ0n) is 15.8. The first kappa shape index (κ1) is 20.0. The van der Waals surface area contributed by atoms with Crippen LogP contribution >= 0.6 is 0 Å². The van der Waals surface area contributed by atoms with Gasteiger partial charge in [0.2, 0.25) is 0 Å². The number of rotatable bonds is 7. The van der Waals surface area contributed by atoms with Gasteiger partial charge in [-0.15, -0.1) is 0 Å². The summed E-state index contributed by atoms with van der Waals surface area (Å²) in [5.41, 5.74) is 2.50. The Labute approximate surface area is 167 Å². The molecule has 6 nitrogen and oxygen atoms in total. The van der Waals surface area contributed by atoms with E-state index < -0.39 is 11.9 Å². The van der Waals surface area contributed by atoms with E-state index in [1.807, 2.05) is 0 Å². The van der Waals surface area contributed by atoms with Gasteiger partial charge in [0.05, 0.1) is 29.1 Å². The topological polar surface area (TPSA) is 80.3 Å². The van der Waals surface area contributed by atoms with E-state index in [9.17, 15) is 14.0 Å². The van der Waals surface area contributed by atoms with Gasteiger partial charge in [-0.3, -0.25) is 9.78 Å². The van der Waals surface area contributed by atoms with E-state index in [1.165, 1.54) is 18.3 Å². The molecule has 0 bridgehead atoms. The van der Waals surface area contributed by atoms with Crippen molar-refractivity contribution in [1.82, 2.24) is 4.98 Å². The summed E-state index contributed by atoms with van der Waals surface area (Å²) in [6.45, 7) is 2.42. The number of nitrogens with zero attached hydrogens (tertiary/aromatic N) is 1. The summed E-state index contributed by atoms with van der Waals surface area (Å²) in [5, 5.41) is 5.87. The molecule has 1 heterocycles. The number of benzene rings is 2. The van der Waals surface area contributed by atoms with Crippen molar-refractivity contribution >= 4 is 23.3 Å². The Balaban J connectivity index is 1.70. The third-order valence-corrected chi connectivity index (χ3v) is 4.08. The van der Waals surface area contributed by atoms with Gasteiger partial charge in [0.25, 0.3) is 5.91 Å². The van der Waals surface area contributed by atoms with Crippen LogP contribution in [0.5, 0.6) is 0 Å². The van der Waals surface area contributed by atoms with Crippen LogP contribution in [0, 0.1) is 5.82 Å². The van der Waals surface area contributed by atoms with E-state index in [-0.39, 0.29) is 18.0 Å². The maximum atomic E-state index is 13.0. The average Bonchev–Trinajstić information content (AvgIpc) is 2.74. The number of para-hydroxylation sites is 1. The number of hydrogen-bond acceptors (Lipinski definition) is 5. The first-order valence-electron chi connectivity index (χ1n) is 9.07. The number of amides is 1. The standard InChI is InChI=1S/C22H20FN3O3/c1-2-29-22(28)19-5-3-4-6-20(19)26-21(27)16-11-18(14-24-13-16)25-12-15-7-9-17(23)10-8-15/h3-11,13-14,25H,2,12H2,1H3,(H,26,27). The number of ether oxygens (including phenoxy) is 1. The van der Waals surface area contributed by atoms with Gasteiger partial charge in [-0.05, 0) is 42.8 Å². The fourth-order valence-electron chi connectivity index (χ4n) is 2.64. The number of pyridine rings is 1. The Hall–Kier alpha value is -3.74. The molecule has 2 N–H and O–H groups in total. The molecule has 0 radical (unpaired) electrons. The maximum Gasteiger partial charge on any atom is 0.340 e. The molecule has 2 aromatic carbocycles. The van der Waals surface area contributed by atoms with E-state index in [4.69, 9.17) is 4.74 Å². The molecular weight excluding hydrogens is 373 g/mol. The number of anilines is 2. The quantitative estimate of drug-likeness (QED) is 0.586. The molecule has 0 aliphatic carbocycles. The van der Waals surface area contributed by atoms with Crippen molar-refractivity contribution in [3.05, 3.63) is 89.5 Å². The van der Waals surface area contributed by atoms with Gasteiger partial charge in [0.15, 0.2) is 0 Å². The highest BCUT2D eigenvalue weighted by atomic mass is 19.1. The fourth-order valence-corrected chi connectivity index (χ4v) is 2.64. The molecule has 0 aliphatic heterocycles. The van der Waals surface area contributed by atoms with Gasteiger partial charge in [-0.1, -0.05) is 24.3 Å². The summed E-state index contributed by atoms with van der Waals surface area (Å²) in [4.78, 5) is 28.8. The van der Waals surface area contributed by atoms with Crippen molar-refractivity contribution < 1.29 is 18.7 Å². The number of halogens is 1. The molecule has 3 aromatic rings. The monoisotopic (exact) mass is 393 g/mol. The number of esters is 1. The lowest BCUT2D eigenvalue weighted by molar-refractivity contribution is 0.0527. The molecule has 1 amide bonds. The van der Waals surface area contributed by atoms with Crippen molar-refractivity contribution in [2.45, 2.75) is 13.5 Å². The SMILES string of the molecule is CCOC(=O)c1ccccc1NC(=O)c1cncc(NCc2ccc(F)cc2)c1. The van der Waals surface area contributed by atoms with Crippen LogP contribution in [0.15, 0.2) is 67.0 Å². The molecule has 0 saturated carbocycles. The lowest BCUT2D eigenvalue weighted by Crippen LogP contribution is -2.16. The van der Waals surface area contributed by atoms with Crippen molar-refractivity contribution in [2.24, 2.45) is 0 Å². The second-order valence-corrected chi connectivity index (χ2v) is 6.16. The Morgan fingerprint density at radius 2 is 1.83 bits per heavy atom. The lowest BCUT2D eigenvalue weighted by atomic mass is 10.1. The summed E-state index contributed by atoms with van der Waals surface area (Å²) in [5.74, 6) is -1.20. The summed E-state index contributed by atoms with van der Waals surface area (Å²) < 4.78 is 18.0. The van der Waals surface area contributed by atoms with Crippen molar-refractivity contribution in [2.75, 3.05) is 17.2 Å². The van der Waals surface area contributed by atoms with E-state index >= 15 is 0 Å². The highest BCUT2D eigenvalue weighted by Gasteiger charge is 2.15. The molecule has 7 heteroatoms. The zero-order chi connectivity index (χ0) is 20.6. The Kier molecular flexibility index (Phi) is 6.52. The molecule has 0 spiro atoms. The molecule has 0 saturated heterocycles. The zero-order valence-corrected chi connectivity index (χ0v) is 15.8. The van der Waals surface area contributed by atoms with Gasteiger partial charge in [-0.25, -0.2) is 9.18 Å². The summed E-state index contributed by atoms with van der Waals surface area (Å²) in [6, 6.07) is 14.4. The lowest BCUT2D eigenvalue weighted by Gasteiger charge is -2.11. The van der Waals surface area contributed by atoms with Crippen LogP contribution in [0.3, 0.4) is 0 Å². The van der Waals surface area contributed by atoms with Crippen LogP contribution < -0.4 is 10.6 Å². The highest BCUT2D eigenvalue weighted by Crippen LogP contribution is 2.18. The van der Waals surface area contributed by atoms with Crippen LogP contribution in [0.4, 0.5) is 15.8 Å². The van der Waals surface area contributed by atoms with Gasteiger partial charge in [-0.2, -0.15) is 0 Å². The summed E-state index contributed by atoms with van der Waals surface area (Å²) in [7, 11) is 0. The second kappa shape index (κ2) is 9.45. The number of nitrogens with one attached hydrogen (secondary N) is 2. The van der Waals surface area contributed by atoms with Crippen LogP contribution in [-0.2, 0) is 11.3 Å². The van der Waals surface area contributed by atoms with Crippen LogP contribution in [0.2, 0.25) is 0 Å². The average molecular weight is 393 g/mol. The third kappa shape index (κ3) is 5.38. The van der Waals surface area contributed by atoms with Crippen molar-refractivity contribution in [3.8, 4) is 0 Å².